The molecule has 2 N–H and O–H groups in total. The van der Waals surface area contributed by atoms with Crippen molar-refractivity contribution < 1.29 is 345 Å². The predicted octanol–water partition coefficient (Wildman–Crippen LogP) is -4.26. The summed E-state index contributed by atoms with van der Waals surface area (Å²) in [7, 11) is -7.93. The molecule has 0 bridgehead atoms. The summed E-state index contributed by atoms with van der Waals surface area (Å²) in [5, 5.41) is 0. The fourth-order valence-electron chi connectivity index (χ4n) is 1.45. The maximum absolute atomic E-state index is 12.8. The predicted molar refractivity (Wildman–Crippen MR) is 43.3 cm³/mol. The molecule has 0 saturated heterocycles. The Bertz CT molecular complexity index is 2770. The van der Waals surface area contributed by atoms with Gasteiger partial charge in [-0.25, -0.2) is 0 Å². The Morgan fingerprint density at radius 3 is 0.691 bits per heavy atom. The van der Waals surface area contributed by atoms with Crippen molar-refractivity contribution in [3.63, 3.8) is 0 Å². The van der Waals surface area contributed by atoms with Crippen LogP contribution in [0.1, 0.15) is 0 Å². The van der Waals surface area contributed by atoms with E-state index in [9.17, 15) is 89.8 Å². The van der Waals surface area contributed by atoms with Crippen LogP contribution in [0.3, 0.4) is 0 Å². The normalized spacial score (nSPS) is 15.4. The zero-order valence-electron chi connectivity index (χ0n) is 22.6. The van der Waals surface area contributed by atoms with Gasteiger partial charge in [0, 0.05) is 0 Å². The van der Waals surface area contributed by atoms with E-state index < -0.39 is 225 Å². The molecule has 0 atom stereocenters. The van der Waals surface area contributed by atoms with Gasteiger partial charge in [0.2, 0.25) is 0 Å². The molecule has 0 radical (unpaired) electrons. The van der Waals surface area contributed by atoms with Crippen molar-refractivity contribution in [3.05, 3.63) is 0 Å². The SMILES string of the molecule is [O]=[V][O][Mo](=[O])(=[O])[O][Mo](=[O])(=[O])[O][Mo](=[O])(=[O])[O][Mo](=[O])(=[O])[O]P(=O)([O][Mo](=[O])(=[O])[O][Mo](=[O])(=[O])[O][Mo](=[O])(=[O])[O][Mo](=[O])(=[O])[OH])[O][Mo](=[O])(=[O])[O][Mo](=[O])(=[O])[O][Mo](=[O])(=[O])[O][Mo](=[O])(=[O])[OH]. The first-order valence-electron chi connectivity index (χ1n) is 9.13. The van der Waals surface area contributed by atoms with Gasteiger partial charge in [-0.05, 0) is 0 Å². The average molecular weight is 1890 g/mol. The topological polar surface area (TPSA) is 604 Å². The van der Waals surface area contributed by atoms with E-state index in [1.807, 2.05) is 0 Å². The molecule has 0 aliphatic rings. The number of hydrogen-bond acceptors (Lipinski definition) is 39. The molecule has 41 nitrogen and oxygen atoms in total. The van der Waals surface area contributed by atoms with Crippen molar-refractivity contribution in [1.82, 2.24) is 0 Å². The standard InChI is InChI=1S/12Mo.H3O4P.2H2O.35O.V/c;;;;;;;;;;;;1-5(2,3)4;;;;;;;;;;;;;;;;;;;;;;;;;;;;;;;;;;;;;;/h;;;;;;;;;;;;(H3,1,2,3,4);2*1H2;;;;;;;;;;;;;;;;;;;;;;;;;;;;;;;;;;;;/q;;;;;;;5*+1;;;;;;;;;;;;;;;;;;;;;;;;;;;;;;;;;;;;;;;/p-5. The van der Waals surface area contributed by atoms with Crippen molar-refractivity contribution in [2.75, 3.05) is 0 Å². The summed E-state index contributed by atoms with van der Waals surface area (Å²) >= 11 is -100. The summed E-state index contributed by atoms with van der Waals surface area (Å²) in [6.07, 6.45) is 0. The Morgan fingerprint density at radius 1 is 0.309 bits per heavy atom. The molecular weight excluding hydrogens is 1890 g/mol. The molecular formula is H2Mo12O41PV. The second-order valence-corrected chi connectivity index (χ2v) is 58.1. The van der Waals surface area contributed by atoms with E-state index in [0.717, 1.165) is 0 Å². The molecule has 0 heterocycles. The summed E-state index contributed by atoms with van der Waals surface area (Å²) in [6, 6.07) is 0. The van der Waals surface area contributed by atoms with Crippen molar-refractivity contribution in [1.29, 1.82) is 0 Å². The second kappa shape index (κ2) is 20.1. The molecule has 0 rings (SSSR count). The third-order valence-corrected chi connectivity index (χ3v) is 65.4. The van der Waals surface area contributed by atoms with Crippen LogP contribution in [0.5, 0.6) is 0 Å². The van der Waals surface area contributed by atoms with Crippen LogP contribution < -0.4 is 0 Å². The maximum atomic E-state index is 12.8. The summed E-state index contributed by atoms with van der Waals surface area (Å²) in [4.78, 5) is 0. The van der Waals surface area contributed by atoms with Crippen LogP contribution in [0.2, 0.25) is 0 Å². The Hall–Kier alpha value is 3.47. The fraction of sp³-hybridized carbons (Fsp3) is 0. The molecule has 55 heavy (non-hydrogen) atoms. The molecule has 0 aromatic carbocycles. The molecule has 0 spiro atoms. The van der Waals surface area contributed by atoms with Gasteiger partial charge in [-0.2, -0.15) is 0 Å². The minimum absolute atomic E-state index is 2.86. The Kier molecular flexibility index (Phi) is 21.4. The Balaban J connectivity index is 7.03. The number of phosphoric acid groups is 1. The van der Waals surface area contributed by atoms with Gasteiger partial charge in [-0.3, -0.25) is 0 Å². The minimum atomic E-state index is -8.83. The quantitative estimate of drug-likeness (QED) is 0.0611. The molecule has 0 saturated carbocycles. The Labute approximate surface area is 346 Å². The Morgan fingerprint density at radius 2 is 0.491 bits per heavy atom. The summed E-state index contributed by atoms with van der Waals surface area (Å²) in [5.41, 5.74) is 0. The van der Waals surface area contributed by atoms with Crippen molar-refractivity contribution in [3.8, 4) is 0 Å². The van der Waals surface area contributed by atoms with Crippen LogP contribution in [0.25, 0.3) is 0 Å². The van der Waals surface area contributed by atoms with Crippen molar-refractivity contribution >= 4 is 7.82 Å². The van der Waals surface area contributed by atoms with E-state index >= 15 is 0 Å². The van der Waals surface area contributed by atoms with E-state index in [-0.39, 0.29) is 0 Å². The van der Waals surface area contributed by atoms with Gasteiger partial charge < -0.3 is 0 Å². The van der Waals surface area contributed by atoms with Crippen molar-refractivity contribution in [2.45, 2.75) is 0 Å². The zero-order chi connectivity index (χ0) is 44.4. The van der Waals surface area contributed by atoms with Crippen LogP contribution in [-0.4, -0.2) is 7.52 Å². The first kappa shape index (κ1) is 58.5. The monoisotopic (exact) mass is 1910 g/mol. The summed E-state index contributed by atoms with van der Waals surface area (Å²) in [5.74, 6) is 0. The van der Waals surface area contributed by atoms with Crippen LogP contribution in [0.4, 0.5) is 0 Å². The molecule has 330 valence electrons. The first-order chi connectivity index (χ1) is 23.5. The molecule has 0 fully saturated rings. The summed E-state index contributed by atoms with van der Waals surface area (Å²) in [6.45, 7) is 0. The summed E-state index contributed by atoms with van der Waals surface area (Å²) < 4.78 is 356. The van der Waals surface area contributed by atoms with Gasteiger partial charge in [0.25, 0.3) is 0 Å². The average Bonchev–Trinajstić information content (AvgIpc) is 2.65. The zero-order valence-corrected chi connectivity index (χ0v) is 49.0. The molecule has 0 aliphatic carbocycles. The van der Waals surface area contributed by atoms with E-state index in [2.05, 4.69) is 30.2 Å². The van der Waals surface area contributed by atoms with Gasteiger partial charge >= 0.3 is 353 Å². The van der Waals surface area contributed by atoms with Crippen LogP contribution >= 0.6 is 7.82 Å². The van der Waals surface area contributed by atoms with E-state index in [0.29, 0.717) is 0 Å². The third-order valence-electron chi connectivity index (χ3n) is 2.17. The molecule has 0 aromatic rings. The number of hydrogen-bond donors (Lipinski definition) is 2. The molecule has 0 aromatic heterocycles. The third kappa shape index (κ3) is 28.0. The second-order valence-electron chi connectivity index (χ2n) is 6.37. The van der Waals surface area contributed by atoms with E-state index in [1.165, 1.54) is 0 Å². The number of rotatable bonds is 26. The van der Waals surface area contributed by atoms with E-state index in [4.69, 9.17) is 7.52 Å². The van der Waals surface area contributed by atoms with Crippen molar-refractivity contribution in [2.24, 2.45) is 0 Å². The molecule has 0 aliphatic heterocycles. The van der Waals surface area contributed by atoms with Gasteiger partial charge in [-0.15, -0.1) is 0 Å². The van der Waals surface area contributed by atoms with Crippen LogP contribution in [0.15, 0.2) is 0 Å². The van der Waals surface area contributed by atoms with Crippen LogP contribution in [0, 0.1) is 0 Å². The van der Waals surface area contributed by atoms with Gasteiger partial charge in [-0.1, -0.05) is 0 Å². The van der Waals surface area contributed by atoms with Gasteiger partial charge in [0.05, 0.1) is 0 Å². The van der Waals surface area contributed by atoms with Gasteiger partial charge in [0.15, 0.2) is 0 Å². The van der Waals surface area contributed by atoms with Gasteiger partial charge in [0.1, 0.15) is 0 Å². The van der Waals surface area contributed by atoms with E-state index in [1.54, 1.807) is 0 Å². The first-order valence-corrected chi connectivity index (χ1v) is 51.2. The van der Waals surface area contributed by atoms with Crippen LogP contribution in [-0.2, 0) is 338 Å². The molecule has 0 amide bonds. The fourth-order valence-corrected chi connectivity index (χ4v) is 62.9. The molecule has 0 unspecified atom stereocenters. The molecule has 55 heteroatoms.